The molecule has 0 saturated carbocycles. The summed E-state index contributed by atoms with van der Waals surface area (Å²) >= 11 is 0. The van der Waals surface area contributed by atoms with Crippen molar-refractivity contribution in [2.24, 2.45) is 0 Å². The molecule has 0 unspecified atom stereocenters. The van der Waals surface area contributed by atoms with Crippen LogP contribution >= 0.6 is 0 Å². The van der Waals surface area contributed by atoms with E-state index in [1.165, 1.54) is 17.7 Å². The van der Waals surface area contributed by atoms with Crippen molar-refractivity contribution in [2.75, 3.05) is 32.7 Å². The average Bonchev–Trinajstić information content (AvgIpc) is 2.88. The molecule has 3 nitrogen and oxygen atoms in total. The first-order chi connectivity index (χ1) is 12.2. The number of benzene rings is 2. The van der Waals surface area contributed by atoms with Crippen LogP contribution in [-0.4, -0.2) is 48.4 Å². The standard InChI is InChI=1S/C21H23FN2O/c22-20-11-9-19(10-12-20)21(25)24-15-5-14-23(16-17-24)13-4-8-18-6-2-1-3-7-18/h1-4,6-12H,5,13-17H2. The third kappa shape index (κ3) is 5.00. The van der Waals surface area contributed by atoms with Crippen molar-refractivity contribution in [1.82, 2.24) is 9.80 Å². The van der Waals surface area contributed by atoms with Crippen molar-refractivity contribution in [3.8, 4) is 0 Å². The number of nitrogens with zero attached hydrogens (tertiary/aromatic N) is 2. The molecule has 1 amide bonds. The first-order valence-corrected chi connectivity index (χ1v) is 8.71. The van der Waals surface area contributed by atoms with Gasteiger partial charge < -0.3 is 4.90 Å². The Morgan fingerprint density at radius 3 is 2.48 bits per heavy atom. The molecule has 1 aliphatic rings. The van der Waals surface area contributed by atoms with Crippen LogP contribution in [0.4, 0.5) is 4.39 Å². The lowest BCUT2D eigenvalue weighted by molar-refractivity contribution is 0.0762. The van der Waals surface area contributed by atoms with E-state index in [0.717, 1.165) is 32.6 Å². The Kier molecular flexibility index (Phi) is 5.96. The summed E-state index contributed by atoms with van der Waals surface area (Å²) in [5.74, 6) is -0.328. The lowest BCUT2D eigenvalue weighted by Crippen LogP contribution is -2.35. The van der Waals surface area contributed by atoms with E-state index < -0.39 is 0 Å². The zero-order valence-corrected chi connectivity index (χ0v) is 14.3. The van der Waals surface area contributed by atoms with Gasteiger partial charge in [-0.25, -0.2) is 4.39 Å². The van der Waals surface area contributed by atoms with E-state index in [9.17, 15) is 9.18 Å². The number of halogens is 1. The minimum Gasteiger partial charge on any atom is -0.337 e. The fourth-order valence-corrected chi connectivity index (χ4v) is 3.03. The first kappa shape index (κ1) is 17.4. The van der Waals surface area contributed by atoms with E-state index >= 15 is 0 Å². The Morgan fingerprint density at radius 1 is 0.960 bits per heavy atom. The second kappa shape index (κ2) is 8.58. The summed E-state index contributed by atoms with van der Waals surface area (Å²) in [5.41, 5.74) is 1.75. The van der Waals surface area contributed by atoms with Gasteiger partial charge in [0.05, 0.1) is 0 Å². The fourth-order valence-electron chi connectivity index (χ4n) is 3.03. The molecule has 1 fully saturated rings. The van der Waals surface area contributed by atoms with Crippen LogP contribution in [0.25, 0.3) is 6.08 Å². The largest absolute Gasteiger partial charge is 0.337 e. The summed E-state index contributed by atoms with van der Waals surface area (Å²) in [7, 11) is 0. The van der Waals surface area contributed by atoms with E-state index in [1.54, 1.807) is 12.1 Å². The van der Waals surface area contributed by atoms with Crippen LogP contribution < -0.4 is 0 Å². The van der Waals surface area contributed by atoms with Gasteiger partial charge in [-0.1, -0.05) is 42.5 Å². The molecule has 1 saturated heterocycles. The molecule has 3 rings (SSSR count). The SMILES string of the molecule is O=C(c1ccc(F)cc1)N1CCCN(CC=Cc2ccccc2)CC1. The maximum absolute atomic E-state index is 13.0. The number of hydrogen-bond donors (Lipinski definition) is 0. The van der Waals surface area contributed by atoms with Crippen LogP contribution in [0.1, 0.15) is 22.3 Å². The summed E-state index contributed by atoms with van der Waals surface area (Å²) in [6, 6.07) is 16.0. The van der Waals surface area contributed by atoms with Crippen LogP contribution in [0.15, 0.2) is 60.7 Å². The van der Waals surface area contributed by atoms with Gasteiger partial charge in [0.2, 0.25) is 0 Å². The third-order valence-corrected chi connectivity index (χ3v) is 4.44. The summed E-state index contributed by atoms with van der Waals surface area (Å²) in [6.45, 7) is 4.16. The summed E-state index contributed by atoms with van der Waals surface area (Å²) < 4.78 is 13.0. The van der Waals surface area contributed by atoms with Crippen LogP contribution in [0.3, 0.4) is 0 Å². The van der Waals surface area contributed by atoms with Gasteiger partial charge >= 0.3 is 0 Å². The smallest absolute Gasteiger partial charge is 0.253 e. The number of hydrogen-bond acceptors (Lipinski definition) is 2. The molecule has 1 heterocycles. The molecule has 1 aliphatic heterocycles. The highest BCUT2D eigenvalue weighted by atomic mass is 19.1. The van der Waals surface area contributed by atoms with Gasteiger partial charge in [0.25, 0.3) is 5.91 Å². The van der Waals surface area contributed by atoms with Crippen molar-refractivity contribution in [3.05, 3.63) is 77.6 Å². The van der Waals surface area contributed by atoms with Gasteiger partial charge in [-0.05, 0) is 36.2 Å². The molecule has 0 N–H and O–H groups in total. The molecule has 2 aromatic carbocycles. The van der Waals surface area contributed by atoms with Gasteiger partial charge in [-0.3, -0.25) is 9.69 Å². The average molecular weight is 338 g/mol. The normalized spacial score (nSPS) is 16.1. The maximum atomic E-state index is 13.0. The number of carbonyl (C=O) groups is 1. The zero-order chi connectivity index (χ0) is 17.5. The van der Waals surface area contributed by atoms with Gasteiger partial charge in [-0.2, -0.15) is 0 Å². The third-order valence-electron chi connectivity index (χ3n) is 4.44. The summed E-state index contributed by atoms with van der Waals surface area (Å²) in [5, 5.41) is 0. The Balaban J connectivity index is 1.52. The topological polar surface area (TPSA) is 23.6 Å². The van der Waals surface area contributed by atoms with Crippen LogP contribution in [0.2, 0.25) is 0 Å². The Bertz CT molecular complexity index is 712. The highest BCUT2D eigenvalue weighted by Gasteiger charge is 2.19. The molecular weight excluding hydrogens is 315 g/mol. The predicted octanol–water partition coefficient (Wildman–Crippen LogP) is 3.69. The maximum Gasteiger partial charge on any atom is 0.253 e. The minimum absolute atomic E-state index is 0.0123. The second-order valence-electron chi connectivity index (χ2n) is 6.27. The molecule has 0 atom stereocenters. The molecule has 2 aromatic rings. The highest BCUT2D eigenvalue weighted by Crippen LogP contribution is 2.11. The molecule has 0 bridgehead atoms. The summed E-state index contributed by atoms with van der Waals surface area (Å²) in [4.78, 5) is 16.8. The quantitative estimate of drug-likeness (QED) is 0.849. The molecule has 0 radical (unpaired) electrons. The molecule has 0 spiro atoms. The predicted molar refractivity (Wildman–Crippen MR) is 98.8 cm³/mol. The molecule has 0 aromatic heterocycles. The Labute approximate surface area is 148 Å². The molecule has 0 aliphatic carbocycles. The zero-order valence-electron chi connectivity index (χ0n) is 14.3. The van der Waals surface area contributed by atoms with Crippen molar-refractivity contribution in [1.29, 1.82) is 0 Å². The van der Waals surface area contributed by atoms with Crippen LogP contribution in [-0.2, 0) is 0 Å². The lowest BCUT2D eigenvalue weighted by atomic mass is 10.2. The van der Waals surface area contributed by atoms with E-state index in [-0.39, 0.29) is 11.7 Å². The number of amides is 1. The molecule has 4 heteroatoms. The van der Waals surface area contributed by atoms with Gasteiger partial charge in [0.1, 0.15) is 5.82 Å². The first-order valence-electron chi connectivity index (χ1n) is 8.71. The monoisotopic (exact) mass is 338 g/mol. The summed E-state index contributed by atoms with van der Waals surface area (Å²) in [6.07, 6.45) is 5.26. The Hall–Kier alpha value is -2.46. The molecular formula is C21H23FN2O. The van der Waals surface area contributed by atoms with E-state index in [2.05, 4.69) is 29.2 Å². The van der Waals surface area contributed by atoms with Crippen LogP contribution in [0, 0.1) is 5.82 Å². The second-order valence-corrected chi connectivity index (χ2v) is 6.27. The minimum atomic E-state index is -0.316. The van der Waals surface area contributed by atoms with Crippen molar-refractivity contribution >= 4 is 12.0 Å². The number of rotatable bonds is 4. The van der Waals surface area contributed by atoms with Crippen molar-refractivity contribution < 1.29 is 9.18 Å². The van der Waals surface area contributed by atoms with E-state index in [1.807, 2.05) is 23.1 Å². The number of carbonyl (C=O) groups excluding carboxylic acids is 1. The lowest BCUT2D eigenvalue weighted by Gasteiger charge is -2.21. The molecule has 25 heavy (non-hydrogen) atoms. The van der Waals surface area contributed by atoms with Gasteiger partial charge in [0, 0.05) is 38.3 Å². The van der Waals surface area contributed by atoms with Gasteiger partial charge in [-0.15, -0.1) is 0 Å². The van der Waals surface area contributed by atoms with E-state index in [4.69, 9.17) is 0 Å². The highest BCUT2D eigenvalue weighted by molar-refractivity contribution is 5.94. The van der Waals surface area contributed by atoms with Gasteiger partial charge in [0.15, 0.2) is 0 Å². The molecule has 130 valence electrons. The van der Waals surface area contributed by atoms with E-state index in [0.29, 0.717) is 12.1 Å². The van der Waals surface area contributed by atoms with Crippen molar-refractivity contribution in [2.45, 2.75) is 6.42 Å². The van der Waals surface area contributed by atoms with Crippen LogP contribution in [0.5, 0.6) is 0 Å². The Morgan fingerprint density at radius 2 is 1.72 bits per heavy atom. The fraction of sp³-hybridized carbons (Fsp3) is 0.286. The van der Waals surface area contributed by atoms with Crippen molar-refractivity contribution in [3.63, 3.8) is 0 Å².